The van der Waals surface area contributed by atoms with E-state index in [1.54, 1.807) is 0 Å². The molecule has 0 amide bonds. The smallest absolute Gasteiger partial charge is 0.350 e. The molecule has 8 heavy (non-hydrogen) atoms. The van der Waals surface area contributed by atoms with Crippen molar-refractivity contribution in [2.45, 2.75) is 0 Å². The molecule has 1 N–H and O–H groups in total. The highest BCUT2D eigenvalue weighted by Gasteiger charge is 1.94. The van der Waals surface area contributed by atoms with Crippen LogP contribution in [0, 0.1) is 10.1 Å². The van der Waals surface area contributed by atoms with E-state index in [4.69, 9.17) is 5.11 Å². The van der Waals surface area contributed by atoms with Gasteiger partial charge in [0.05, 0.1) is 12.0 Å². The summed E-state index contributed by atoms with van der Waals surface area (Å²) >= 11 is 0. The topological polar surface area (TPSA) is 72.6 Å². The van der Waals surface area contributed by atoms with Crippen molar-refractivity contribution in [3.8, 4) is 0 Å². The first-order valence-corrected chi connectivity index (χ1v) is 1.75. The lowest BCUT2D eigenvalue weighted by molar-refractivity contribution is -0.407. The predicted octanol–water partition coefficient (Wildman–Crippen LogP) is 0.266. The molecule has 0 bridgehead atoms. The van der Waals surface area contributed by atoms with Gasteiger partial charge in [-0.05, 0) is 0 Å². The fraction of sp³-hybridized carbons (Fsp3) is 0.333. The molecule has 0 unspecified atom stereocenters. The van der Waals surface area contributed by atoms with Crippen LogP contribution in [0.1, 0.15) is 0 Å². The lowest BCUT2D eigenvalue weighted by Crippen LogP contribution is -1.90. The third-order valence-electron chi connectivity index (χ3n) is 0.425. The molecule has 0 rings (SSSR count). The highest BCUT2D eigenvalue weighted by atomic mass is 16.6. The monoisotopic (exact) mass is 119 g/mol. The molecular weight excluding hydrogens is 114 g/mol. The molecule has 0 saturated heterocycles. The molecule has 0 atom stereocenters. The van der Waals surface area contributed by atoms with Crippen LogP contribution < -0.4 is 0 Å². The molecule has 0 fully saturated rings. The summed E-state index contributed by atoms with van der Waals surface area (Å²) in [6.45, 7) is 0. The summed E-state index contributed by atoms with van der Waals surface area (Å²) in [5, 5.41) is 17.7. The molecule has 0 saturated carbocycles. The van der Waals surface area contributed by atoms with Crippen LogP contribution in [0.2, 0.25) is 0 Å². The van der Waals surface area contributed by atoms with E-state index in [0.29, 0.717) is 6.20 Å². The van der Waals surface area contributed by atoms with E-state index in [9.17, 15) is 10.1 Å². The van der Waals surface area contributed by atoms with Crippen molar-refractivity contribution in [1.82, 2.24) is 0 Å². The summed E-state index contributed by atoms with van der Waals surface area (Å²) in [5.41, 5.74) is 0. The van der Waals surface area contributed by atoms with Crippen LogP contribution in [-0.2, 0) is 4.74 Å². The molecule has 0 spiro atoms. The van der Waals surface area contributed by atoms with Crippen LogP contribution >= 0.6 is 0 Å². The molecule has 0 heterocycles. The Morgan fingerprint density at radius 3 is 2.62 bits per heavy atom. The van der Waals surface area contributed by atoms with Crippen LogP contribution in [0.15, 0.2) is 12.1 Å². The van der Waals surface area contributed by atoms with Gasteiger partial charge in [-0.15, -0.1) is 0 Å². The average Bonchev–Trinajstić information content (AvgIpc) is 1.65. The number of nitrogens with zero attached hydrogens (tertiary/aromatic N) is 1. The lowest BCUT2D eigenvalue weighted by Gasteiger charge is -1.88. The summed E-state index contributed by atoms with van der Waals surface area (Å²) in [7, 11) is 1.13. The van der Waals surface area contributed by atoms with Crippen molar-refractivity contribution in [3.63, 3.8) is 0 Å². The van der Waals surface area contributed by atoms with Gasteiger partial charge in [0.1, 0.15) is 0 Å². The minimum absolute atomic E-state index is 0.361. The fourth-order valence-electron chi connectivity index (χ4n) is 0.143. The van der Waals surface area contributed by atoms with Crippen LogP contribution in [0.25, 0.3) is 0 Å². The zero-order valence-corrected chi connectivity index (χ0v) is 4.20. The van der Waals surface area contributed by atoms with Crippen molar-refractivity contribution < 1.29 is 14.8 Å². The maximum Gasteiger partial charge on any atom is 0.350 e. The molecule has 0 radical (unpaired) electrons. The lowest BCUT2D eigenvalue weighted by atomic mass is 10.9. The Kier molecular flexibility index (Phi) is 2.39. The third-order valence-corrected chi connectivity index (χ3v) is 0.425. The Bertz CT molecular complexity index is 118. The Morgan fingerprint density at radius 1 is 2.00 bits per heavy atom. The molecule has 0 aromatic rings. The zero-order chi connectivity index (χ0) is 6.57. The summed E-state index contributed by atoms with van der Waals surface area (Å²) in [4.78, 5) is 8.65. The summed E-state index contributed by atoms with van der Waals surface area (Å²) in [6.07, 6.45) is 0.361. The highest BCUT2D eigenvalue weighted by Crippen LogP contribution is 1.85. The molecule has 5 heteroatoms. The number of aliphatic hydroxyl groups is 1. The van der Waals surface area contributed by atoms with E-state index in [1.165, 1.54) is 0 Å². The average molecular weight is 119 g/mol. The second-order valence-electron chi connectivity index (χ2n) is 0.957. The highest BCUT2D eigenvalue weighted by molar-refractivity contribution is 4.68. The normalized spacial score (nSPS) is 10.9. The van der Waals surface area contributed by atoms with Crippen molar-refractivity contribution >= 4 is 0 Å². The molecule has 5 nitrogen and oxygen atoms in total. The first-order valence-electron chi connectivity index (χ1n) is 1.75. The van der Waals surface area contributed by atoms with E-state index in [0.717, 1.165) is 7.11 Å². The second kappa shape index (κ2) is 2.84. The van der Waals surface area contributed by atoms with Gasteiger partial charge in [0.15, 0.2) is 0 Å². The summed E-state index contributed by atoms with van der Waals surface area (Å²) < 4.78 is 4.04. The van der Waals surface area contributed by atoms with Crippen LogP contribution in [0.3, 0.4) is 0 Å². The van der Waals surface area contributed by atoms with Crippen LogP contribution in [0.4, 0.5) is 0 Å². The molecule has 46 valence electrons. The number of nitro groups is 1. The Hall–Kier alpha value is -1.26. The number of methoxy groups -OCH3 is 1. The van der Waals surface area contributed by atoms with Gasteiger partial charge in [0.25, 0.3) is 0 Å². The zero-order valence-electron chi connectivity index (χ0n) is 4.20. The summed E-state index contributed by atoms with van der Waals surface area (Å²) in [6, 6.07) is 0. The van der Waals surface area contributed by atoms with Gasteiger partial charge in [0.2, 0.25) is 0 Å². The van der Waals surface area contributed by atoms with Gasteiger partial charge in [-0.1, -0.05) is 0 Å². The SMILES string of the molecule is CO/C(O)=C\[N+](=O)[O-]. The first-order chi connectivity index (χ1) is 3.66. The molecule has 0 aromatic heterocycles. The Labute approximate surface area is 45.3 Å². The van der Waals surface area contributed by atoms with Gasteiger partial charge < -0.3 is 9.84 Å². The van der Waals surface area contributed by atoms with E-state index in [-0.39, 0.29) is 0 Å². The first kappa shape index (κ1) is 6.74. The van der Waals surface area contributed by atoms with Gasteiger partial charge in [-0.25, -0.2) is 0 Å². The van der Waals surface area contributed by atoms with Crippen molar-refractivity contribution in [2.24, 2.45) is 0 Å². The molecule has 0 aliphatic heterocycles. The largest absolute Gasteiger partial charge is 0.476 e. The standard InChI is InChI=1S/C3H5NO4/c1-8-3(5)2-4(6)7/h2,5H,1H3/b3-2-. The van der Waals surface area contributed by atoms with Crippen molar-refractivity contribution in [1.29, 1.82) is 0 Å². The number of ether oxygens (including phenoxy) is 1. The minimum atomic E-state index is -0.807. The fourth-order valence-corrected chi connectivity index (χ4v) is 0.143. The Balaban J connectivity index is 3.75. The maximum absolute atomic E-state index is 9.46. The molecule has 0 aliphatic rings. The van der Waals surface area contributed by atoms with Crippen LogP contribution in [-0.4, -0.2) is 17.1 Å². The quantitative estimate of drug-likeness (QED) is 0.321. The van der Waals surface area contributed by atoms with Crippen molar-refractivity contribution in [2.75, 3.05) is 7.11 Å². The summed E-state index contributed by atoms with van der Waals surface area (Å²) in [5.74, 6) is -0.699. The van der Waals surface area contributed by atoms with E-state index < -0.39 is 10.9 Å². The van der Waals surface area contributed by atoms with Gasteiger partial charge in [0, 0.05) is 0 Å². The van der Waals surface area contributed by atoms with E-state index >= 15 is 0 Å². The molecule has 0 aromatic carbocycles. The van der Waals surface area contributed by atoms with Crippen LogP contribution in [0.5, 0.6) is 0 Å². The van der Waals surface area contributed by atoms with Gasteiger partial charge >= 0.3 is 12.1 Å². The number of hydrogen-bond donors (Lipinski definition) is 1. The van der Waals surface area contributed by atoms with E-state index in [1.807, 2.05) is 0 Å². The number of hydrogen-bond acceptors (Lipinski definition) is 4. The molecular formula is C3H5NO4. The number of rotatable bonds is 2. The maximum atomic E-state index is 9.46. The predicted molar refractivity (Wildman–Crippen MR) is 24.7 cm³/mol. The van der Waals surface area contributed by atoms with E-state index in [2.05, 4.69) is 4.74 Å². The third kappa shape index (κ3) is 2.95. The van der Waals surface area contributed by atoms with Gasteiger partial charge in [-0.2, -0.15) is 0 Å². The van der Waals surface area contributed by atoms with Crippen molar-refractivity contribution in [3.05, 3.63) is 22.3 Å². The number of aliphatic hydroxyl groups excluding tert-OH is 1. The Morgan fingerprint density at radius 2 is 2.50 bits per heavy atom. The second-order valence-corrected chi connectivity index (χ2v) is 0.957. The minimum Gasteiger partial charge on any atom is -0.476 e. The molecule has 0 aliphatic carbocycles. The van der Waals surface area contributed by atoms with Gasteiger partial charge in [-0.3, -0.25) is 10.1 Å².